The molecule has 0 atom stereocenters. The summed E-state index contributed by atoms with van der Waals surface area (Å²) in [7, 11) is 0. The predicted octanol–water partition coefficient (Wildman–Crippen LogP) is 5.61. The van der Waals surface area contributed by atoms with E-state index in [4.69, 9.17) is 17.3 Å². The van der Waals surface area contributed by atoms with Crippen molar-refractivity contribution in [1.29, 1.82) is 0 Å². The van der Waals surface area contributed by atoms with Crippen LogP contribution in [0.3, 0.4) is 0 Å². The molecule has 2 heteroatoms. The molecule has 0 spiro atoms. The van der Waals surface area contributed by atoms with E-state index in [1.165, 1.54) is 27.8 Å². The van der Waals surface area contributed by atoms with Gasteiger partial charge in [0.25, 0.3) is 0 Å². The SMILES string of the molecule is Nc1cccc(C=C2c3ccccc3CCc3c(Cl)cccc32)c1. The first kappa shape index (κ1) is 15.0. The number of nitrogen functional groups attached to an aromatic ring is 1. The average Bonchev–Trinajstić information content (AvgIpc) is 2.74. The van der Waals surface area contributed by atoms with Crippen molar-refractivity contribution < 1.29 is 0 Å². The van der Waals surface area contributed by atoms with Gasteiger partial charge in [0.05, 0.1) is 0 Å². The van der Waals surface area contributed by atoms with Crippen molar-refractivity contribution in [2.45, 2.75) is 12.8 Å². The summed E-state index contributed by atoms with van der Waals surface area (Å²) in [5.41, 5.74) is 14.1. The van der Waals surface area contributed by atoms with Crippen LogP contribution in [-0.4, -0.2) is 0 Å². The van der Waals surface area contributed by atoms with E-state index in [1.807, 2.05) is 30.3 Å². The topological polar surface area (TPSA) is 26.0 Å². The van der Waals surface area contributed by atoms with E-state index in [2.05, 4.69) is 42.5 Å². The third kappa shape index (κ3) is 2.72. The Labute approximate surface area is 147 Å². The first-order valence-electron chi connectivity index (χ1n) is 8.15. The van der Waals surface area contributed by atoms with Gasteiger partial charge < -0.3 is 5.73 Å². The molecule has 0 unspecified atom stereocenters. The molecule has 0 bridgehead atoms. The Kier molecular flexibility index (Phi) is 3.87. The number of aryl methyl sites for hydroxylation is 1. The molecule has 3 aromatic carbocycles. The molecule has 0 saturated carbocycles. The second-order valence-electron chi connectivity index (χ2n) is 6.15. The number of benzene rings is 3. The average molecular weight is 332 g/mol. The van der Waals surface area contributed by atoms with Crippen LogP contribution in [0.25, 0.3) is 11.6 Å². The molecule has 118 valence electrons. The minimum absolute atomic E-state index is 0.776. The Morgan fingerprint density at radius 2 is 1.62 bits per heavy atom. The first-order chi connectivity index (χ1) is 11.7. The second-order valence-corrected chi connectivity index (χ2v) is 6.56. The number of nitrogens with two attached hydrogens (primary N) is 1. The van der Waals surface area contributed by atoms with Crippen molar-refractivity contribution in [3.05, 3.63) is 99.6 Å². The fraction of sp³-hybridized carbons (Fsp3) is 0.0909. The molecule has 0 radical (unpaired) electrons. The normalized spacial score (nSPS) is 14.8. The van der Waals surface area contributed by atoms with Crippen molar-refractivity contribution in [3.8, 4) is 0 Å². The highest BCUT2D eigenvalue weighted by molar-refractivity contribution is 6.31. The molecular formula is C22H18ClN. The summed E-state index contributed by atoms with van der Waals surface area (Å²) in [6.45, 7) is 0. The zero-order valence-electron chi connectivity index (χ0n) is 13.3. The van der Waals surface area contributed by atoms with Crippen LogP contribution in [0.2, 0.25) is 5.02 Å². The monoisotopic (exact) mass is 331 g/mol. The molecule has 24 heavy (non-hydrogen) atoms. The van der Waals surface area contributed by atoms with Gasteiger partial charge in [-0.25, -0.2) is 0 Å². The Bertz CT molecular complexity index is 940. The quantitative estimate of drug-likeness (QED) is 0.576. The minimum atomic E-state index is 0.776. The number of halogens is 1. The molecule has 0 aromatic heterocycles. The Hall–Kier alpha value is -2.51. The van der Waals surface area contributed by atoms with E-state index < -0.39 is 0 Å². The maximum Gasteiger partial charge on any atom is 0.0444 e. The number of rotatable bonds is 1. The van der Waals surface area contributed by atoms with Crippen molar-refractivity contribution in [1.82, 2.24) is 0 Å². The molecule has 2 N–H and O–H groups in total. The van der Waals surface area contributed by atoms with Crippen LogP contribution >= 0.6 is 11.6 Å². The third-order valence-corrected chi connectivity index (χ3v) is 4.94. The highest BCUT2D eigenvalue weighted by Gasteiger charge is 2.19. The largest absolute Gasteiger partial charge is 0.399 e. The number of hydrogen-bond acceptors (Lipinski definition) is 1. The zero-order valence-corrected chi connectivity index (χ0v) is 14.1. The maximum atomic E-state index is 6.50. The lowest BCUT2D eigenvalue weighted by atomic mass is 9.92. The van der Waals surface area contributed by atoms with Crippen molar-refractivity contribution in [2.75, 3.05) is 5.73 Å². The van der Waals surface area contributed by atoms with Crippen molar-refractivity contribution in [3.63, 3.8) is 0 Å². The van der Waals surface area contributed by atoms with Crippen LogP contribution in [0, 0.1) is 0 Å². The van der Waals surface area contributed by atoms with Crippen LogP contribution in [-0.2, 0) is 12.8 Å². The summed E-state index contributed by atoms with van der Waals surface area (Å²) in [5, 5.41) is 0.846. The number of fused-ring (bicyclic) bond motifs is 2. The molecule has 0 heterocycles. The molecule has 0 fully saturated rings. The first-order valence-corrected chi connectivity index (χ1v) is 8.53. The summed E-state index contributed by atoms with van der Waals surface area (Å²) in [6, 6.07) is 22.8. The summed E-state index contributed by atoms with van der Waals surface area (Å²) in [5.74, 6) is 0. The Balaban J connectivity index is 1.99. The minimum Gasteiger partial charge on any atom is -0.399 e. The highest BCUT2D eigenvalue weighted by Crippen LogP contribution is 2.37. The molecule has 3 aromatic rings. The molecule has 0 amide bonds. The summed E-state index contributed by atoms with van der Waals surface area (Å²) < 4.78 is 0. The van der Waals surface area contributed by atoms with E-state index in [0.29, 0.717) is 0 Å². The van der Waals surface area contributed by atoms with Gasteiger partial charge in [-0.1, -0.05) is 60.1 Å². The predicted molar refractivity (Wildman–Crippen MR) is 103 cm³/mol. The maximum absolute atomic E-state index is 6.50. The Morgan fingerprint density at radius 3 is 2.50 bits per heavy atom. The zero-order chi connectivity index (χ0) is 16.5. The van der Waals surface area contributed by atoms with E-state index in [0.717, 1.165) is 29.1 Å². The number of anilines is 1. The lowest BCUT2D eigenvalue weighted by molar-refractivity contribution is 0.965. The Morgan fingerprint density at radius 1 is 0.833 bits per heavy atom. The van der Waals surface area contributed by atoms with E-state index in [1.54, 1.807) is 0 Å². The van der Waals surface area contributed by atoms with Crippen LogP contribution in [0.1, 0.15) is 27.8 Å². The molecule has 0 aliphatic heterocycles. The van der Waals surface area contributed by atoms with E-state index >= 15 is 0 Å². The van der Waals surface area contributed by atoms with Gasteiger partial charge in [0, 0.05) is 10.7 Å². The van der Waals surface area contributed by atoms with Crippen LogP contribution in [0.15, 0.2) is 66.7 Å². The van der Waals surface area contributed by atoms with Gasteiger partial charge >= 0.3 is 0 Å². The summed E-state index contributed by atoms with van der Waals surface area (Å²) in [6.07, 6.45) is 4.18. The van der Waals surface area contributed by atoms with Gasteiger partial charge in [0.15, 0.2) is 0 Å². The third-order valence-electron chi connectivity index (χ3n) is 4.58. The van der Waals surface area contributed by atoms with Crippen molar-refractivity contribution >= 4 is 28.9 Å². The summed E-state index contributed by atoms with van der Waals surface area (Å²) in [4.78, 5) is 0. The van der Waals surface area contributed by atoms with Gasteiger partial charge in [0.1, 0.15) is 0 Å². The van der Waals surface area contributed by atoms with Crippen molar-refractivity contribution in [2.24, 2.45) is 0 Å². The smallest absolute Gasteiger partial charge is 0.0444 e. The lowest BCUT2D eigenvalue weighted by Crippen LogP contribution is -1.93. The fourth-order valence-corrected chi connectivity index (χ4v) is 3.71. The molecule has 4 rings (SSSR count). The van der Waals surface area contributed by atoms with E-state index in [9.17, 15) is 0 Å². The van der Waals surface area contributed by atoms with Gasteiger partial charge in [-0.05, 0) is 70.5 Å². The molecular weight excluding hydrogens is 314 g/mol. The van der Waals surface area contributed by atoms with E-state index in [-0.39, 0.29) is 0 Å². The van der Waals surface area contributed by atoms with Crippen LogP contribution in [0.4, 0.5) is 5.69 Å². The molecule has 1 aliphatic rings. The van der Waals surface area contributed by atoms with Crippen LogP contribution < -0.4 is 5.73 Å². The van der Waals surface area contributed by atoms with Gasteiger partial charge in [-0.15, -0.1) is 0 Å². The molecule has 0 saturated heterocycles. The molecule has 1 aliphatic carbocycles. The fourth-order valence-electron chi connectivity index (χ4n) is 3.44. The standard InChI is InChI=1S/C22H18ClN/c23-22-10-4-9-19-20(22)12-11-16-6-1-2-8-18(16)21(19)14-15-5-3-7-17(24)13-15/h1-10,13-14H,11-12,24H2. The van der Waals surface area contributed by atoms with Gasteiger partial charge in [-0.2, -0.15) is 0 Å². The lowest BCUT2D eigenvalue weighted by Gasteiger charge is -2.13. The summed E-state index contributed by atoms with van der Waals surface area (Å²) >= 11 is 6.50. The van der Waals surface area contributed by atoms with Crippen LogP contribution in [0.5, 0.6) is 0 Å². The second kappa shape index (κ2) is 6.18. The van der Waals surface area contributed by atoms with Gasteiger partial charge in [0.2, 0.25) is 0 Å². The number of hydrogen-bond donors (Lipinski definition) is 1. The highest BCUT2D eigenvalue weighted by atomic mass is 35.5. The van der Waals surface area contributed by atoms with Gasteiger partial charge in [-0.3, -0.25) is 0 Å². The molecule has 1 nitrogen and oxygen atoms in total.